The fourth-order valence-corrected chi connectivity index (χ4v) is 8.17. The van der Waals surface area contributed by atoms with E-state index in [0.717, 1.165) is 52.2 Å². The van der Waals surface area contributed by atoms with Crippen LogP contribution >= 0.6 is 19.1 Å². The molecule has 1 heterocycles. The highest BCUT2D eigenvalue weighted by atomic mass is 35.5. The number of alkyl carbamates (subject to hydrolysis) is 1. The predicted octanol–water partition coefficient (Wildman–Crippen LogP) is 8.22. The third-order valence-electron chi connectivity index (χ3n) is 8.74. The normalized spacial score (nSPS) is 14.3. The van der Waals surface area contributed by atoms with Crippen molar-refractivity contribution >= 4 is 37.1 Å². The van der Waals surface area contributed by atoms with Gasteiger partial charge in [-0.05, 0) is 53.8 Å². The number of esters is 1. The van der Waals surface area contributed by atoms with Gasteiger partial charge in [0.2, 0.25) is 0 Å². The summed E-state index contributed by atoms with van der Waals surface area (Å²) in [7, 11) is -2.63. The van der Waals surface area contributed by atoms with Gasteiger partial charge in [0.1, 0.15) is 29.9 Å². The van der Waals surface area contributed by atoms with E-state index in [-0.39, 0.29) is 37.1 Å². The predicted molar refractivity (Wildman–Crippen MR) is 188 cm³/mol. The van der Waals surface area contributed by atoms with Crippen molar-refractivity contribution in [2.24, 2.45) is 0 Å². The molecule has 0 fully saturated rings. The molecule has 0 aliphatic heterocycles. The highest BCUT2D eigenvalue weighted by molar-refractivity contribution is 7.57. The average molecular weight is 760 g/mol. The largest absolute Gasteiger partial charge is 0.467 e. The lowest BCUT2D eigenvalue weighted by Crippen LogP contribution is -2.43. The summed E-state index contributed by atoms with van der Waals surface area (Å²) in [4.78, 5) is 35.8. The minimum atomic E-state index is -5.02. The maximum atomic E-state index is 16.2. The number of carbonyl (C=O) groups excluding carboxylic acids is 2. The molecule has 1 amide bonds. The minimum absolute atomic E-state index is 0.0107. The zero-order chi connectivity index (χ0) is 37.5. The Hall–Kier alpha value is -4.62. The first-order chi connectivity index (χ1) is 24.9. The third kappa shape index (κ3) is 8.36. The van der Waals surface area contributed by atoms with Crippen molar-refractivity contribution in [3.63, 3.8) is 0 Å². The van der Waals surface area contributed by atoms with Crippen molar-refractivity contribution in [2.45, 2.75) is 43.5 Å². The summed E-state index contributed by atoms with van der Waals surface area (Å²) >= 11 is 5.74. The second kappa shape index (κ2) is 16.8. The first-order valence-electron chi connectivity index (χ1n) is 16.3. The molecule has 1 N–H and O–H groups in total. The van der Waals surface area contributed by atoms with E-state index in [1.807, 2.05) is 48.5 Å². The van der Waals surface area contributed by atoms with Gasteiger partial charge in [-0.2, -0.15) is 8.78 Å². The second-order valence-corrected chi connectivity index (χ2v) is 15.0. The van der Waals surface area contributed by atoms with E-state index in [2.05, 4.69) is 5.32 Å². The number of hydrogen-bond acceptors (Lipinski definition) is 9. The molecule has 2 atom stereocenters. The zero-order valence-corrected chi connectivity index (χ0v) is 30.0. The molecule has 1 aliphatic rings. The number of methoxy groups -OCH3 is 1. The molecule has 1 aromatic heterocycles. The molecule has 4 aromatic rings. The molecule has 0 bridgehead atoms. The lowest BCUT2D eigenvalue weighted by Gasteiger charge is -2.33. The Morgan fingerprint density at radius 2 is 1.65 bits per heavy atom. The molecule has 1 unspecified atom stereocenters. The third-order valence-corrected chi connectivity index (χ3v) is 11.6. The summed E-state index contributed by atoms with van der Waals surface area (Å²) in [5.41, 5.74) is -0.188. The van der Waals surface area contributed by atoms with E-state index >= 15 is 8.78 Å². The topological polar surface area (TPSA) is 150 Å². The second-order valence-electron chi connectivity index (χ2n) is 12.1. The van der Waals surface area contributed by atoms with Crippen LogP contribution in [-0.4, -0.2) is 60.9 Å². The van der Waals surface area contributed by atoms with Crippen LogP contribution in [0.4, 0.5) is 19.5 Å². The van der Waals surface area contributed by atoms with Crippen LogP contribution < -0.4 is 5.32 Å². The fraction of sp³-hybridized carbons (Fsp3) is 0.333. The Morgan fingerprint density at radius 1 is 1.02 bits per heavy atom. The van der Waals surface area contributed by atoms with Gasteiger partial charge >= 0.3 is 31.1 Å². The van der Waals surface area contributed by atoms with Crippen LogP contribution in [0, 0.1) is 10.1 Å². The van der Waals surface area contributed by atoms with Crippen molar-refractivity contribution < 1.29 is 46.3 Å². The highest BCUT2D eigenvalue weighted by Crippen LogP contribution is 2.68. The van der Waals surface area contributed by atoms with Crippen molar-refractivity contribution in [3.05, 3.63) is 123 Å². The molecule has 0 spiro atoms. The monoisotopic (exact) mass is 759 g/mol. The SMILES string of the molecule is COC(=O)[C@H](Cc1ccc(C(F)(F)P(=O)(OCc2ccc([N+](=O)[O-])o2)N(C)CCCCCl)cc1)NC(=O)OCC1c2ccccc2-c2ccccc21. The molecule has 5 rings (SSSR count). The molecular weight excluding hydrogens is 723 g/mol. The van der Waals surface area contributed by atoms with Gasteiger partial charge in [0, 0.05) is 30.3 Å². The van der Waals surface area contributed by atoms with E-state index in [9.17, 15) is 24.3 Å². The molecular formula is C36H37ClF2N3O9P. The molecule has 3 aromatic carbocycles. The Bertz CT molecular complexity index is 1900. The lowest BCUT2D eigenvalue weighted by atomic mass is 9.98. The Kier molecular flexibility index (Phi) is 12.5. The summed E-state index contributed by atoms with van der Waals surface area (Å²) in [5.74, 6) is -1.50. The van der Waals surface area contributed by atoms with Crippen molar-refractivity contribution in [1.29, 1.82) is 0 Å². The maximum Gasteiger partial charge on any atom is 0.433 e. The number of hydrogen-bond donors (Lipinski definition) is 1. The van der Waals surface area contributed by atoms with Crippen LogP contribution in [0.5, 0.6) is 0 Å². The minimum Gasteiger partial charge on any atom is -0.467 e. The molecule has 0 saturated carbocycles. The molecule has 276 valence electrons. The van der Waals surface area contributed by atoms with Crippen LogP contribution in [0.25, 0.3) is 11.1 Å². The lowest BCUT2D eigenvalue weighted by molar-refractivity contribution is -0.402. The fourth-order valence-electron chi connectivity index (χ4n) is 6.01. The van der Waals surface area contributed by atoms with Crippen molar-refractivity contribution in [3.8, 4) is 11.1 Å². The van der Waals surface area contributed by atoms with E-state index in [1.165, 1.54) is 25.2 Å². The number of nitrogens with one attached hydrogen (secondary N) is 1. The van der Waals surface area contributed by atoms with Crippen molar-refractivity contribution in [2.75, 3.05) is 33.2 Å². The standard InChI is InChI=1S/C36H37ClF2N3O9P/c1-41(20-8-7-19-37)52(47,50-22-26-17-18-33(51-26)42(45)46)36(38,39)25-15-13-24(14-16-25)21-32(34(43)48-2)40-35(44)49-23-31-29-11-5-3-9-27(29)28-10-4-6-12-30(28)31/h3-6,9-18,31-32H,7-8,19-23H2,1-2H3,(H,40,44)/t32-,52?/m0/s1. The number of fused-ring (bicyclic) bond motifs is 3. The average Bonchev–Trinajstić information content (AvgIpc) is 3.76. The molecule has 52 heavy (non-hydrogen) atoms. The number of rotatable bonds is 17. The van der Waals surface area contributed by atoms with E-state index in [1.54, 1.807) is 0 Å². The number of ether oxygens (including phenoxy) is 2. The number of alkyl halides is 3. The number of nitrogens with zero attached hydrogens (tertiary/aromatic N) is 2. The van der Waals surface area contributed by atoms with Gasteiger partial charge in [0.05, 0.1) is 13.2 Å². The zero-order valence-electron chi connectivity index (χ0n) is 28.3. The van der Waals surface area contributed by atoms with Crippen LogP contribution in [-0.2, 0) is 42.0 Å². The Morgan fingerprint density at radius 3 is 2.23 bits per heavy atom. The molecule has 12 nitrogen and oxygen atoms in total. The molecule has 0 saturated heterocycles. The molecule has 16 heteroatoms. The van der Waals surface area contributed by atoms with Gasteiger partial charge in [-0.3, -0.25) is 14.7 Å². The van der Waals surface area contributed by atoms with Gasteiger partial charge < -0.3 is 23.7 Å². The van der Waals surface area contributed by atoms with Gasteiger partial charge in [-0.15, -0.1) is 11.6 Å². The number of unbranched alkanes of at least 4 members (excludes halogenated alkanes) is 1. The summed E-state index contributed by atoms with van der Waals surface area (Å²) < 4.78 is 68.2. The van der Waals surface area contributed by atoms with E-state index in [4.69, 9.17) is 30.0 Å². The number of carbonyl (C=O) groups is 2. The van der Waals surface area contributed by atoms with Gasteiger partial charge in [-0.25, -0.2) is 14.3 Å². The summed E-state index contributed by atoms with van der Waals surface area (Å²) in [6, 6.07) is 21.4. The quantitative estimate of drug-likeness (QED) is 0.0279. The number of benzene rings is 3. The van der Waals surface area contributed by atoms with Gasteiger partial charge in [-0.1, -0.05) is 72.8 Å². The van der Waals surface area contributed by atoms with Crippen LogP contribution in [0.1, 0.15) is 46.8 Å². The van der Waals surface area contributed by atoms with Crippen molar-refractivity contribution in [1.82, 2.24) is 9.99 Å². The van der Waals surface area contributed by atoms with Gasteiger partial charge in [0.15, 0.2) is 0 Å². The number of nitro groups is 1. The summed E-state index contributed by atoms with van der Waals surface area (Å²) in [6.45, 7) is -0.754. The van der Waals surface area contributed by atoms with Gasteiger partial charge in [0.25, 0.3) is 0 Å². The molecule has 0 radical (unpaired) electrons. The van der Waals surface area contributed by atoms with Crippen LogP contribution in [0.15, 0.2) is 89.3 Å². The first kappa shape index (κ1) is 38.6. The Labute approximate surface area is 303 Å². The van der Waals surface area contributed by atoms with E-state index < -0.39 is 54.3 Å². The first-order valence-corrected chi connectivity index (χ1v) is 18.4. The maximum absolute atomic E-state index is 16.2. The highest BCUT2D eigenvalue weighted by Gasteiger charge is 2.56. The van der Waals surface area contributed by atoms with E-state index in [0.29, 0.717) is 18.4 Å². The smallest absolute Gasteiger partial charge is 0.433 e. The Balaban J connectivity index is 1.28. The number of amides is 1. The summed E-state index contributed by atoms with van der Waals surface area (Å²) in [5, 5.41) is 13.5. The molecule has 1 aliphatic carbocycles. The van der Waals surface area contributed by atoms with Crippen LogP contribution in [0.2, 0.25) is 0 Å². The van der Waals surface area contributed by atoms with Crippen LogP contribution in [0.3, 0.4) is 0 Å². The summed E-state index contributed by atoms with van der Waals surface area (Å²) in [6.07, 6.45) is -0.174. The number of furan rings is 1. The number of halogens is 3.